The van der Waals surface area contributed by atoms with Crippen LogP contribution < -0.4 is 0 Å². The van der Waals surface area contributed by atoms with Crippen molar-refractivity contribution in [2.75, 3.05) is 6.61 Å². The summed E-state index contributed by atoms with van der Waals surface area (Å²) in [5.41, 5.74) is 2.42. The number of rotatable bonds is 6. The smallest absolute Gasteiger partial charge is 0.302 e. The number of esters is 1. The lowest BCUT2D eigenvalue weighted by Gasteiger charge is -2.04. The molecule has 2 rings (SSSR count). The van der Waals surface area contributed by atoms with Crippen LogP contribution in [-0.2, 0) is 16.0 Å². The second kappa shape index (κ2) is 6.13. The molecule has 5 nitrogen and oxygen atoms in total. The Morgan fingerprint density at radius 1 is 1.42 bits per heavy atom. The maximum absolute atomic E-state index is 10.9. The Kier molecular flexibility index (Phi) is 4.28. The van der Waals surface area contributed by atoms with E-state index in [9.17, 15) is 9.59 Å². The van der Waals surface area contributed by atoms with Gasteiger partial charge in [-0.3, -0.25) is 14.7 Å². The summed E-state index contributed by atoms with van der Waals surface area (Å²) in [7, 11) is 0. The van der Waals surface area contributed by atoms with Gasteiger partial charge in [-0.2, -0.15) is 5.10 Å². The summed E-state index contributed by atoms with van der Waals surface area (Å²) < 4.78 is 4.88. The second-order valence-corrected chi connectivity index (χ2v) is 4.36. The molecule has 5 heteroatoms. The molecule has 19 heavy (non-hydrogen) atoms. The number of fused-ring (bicyclic) bond motifs is 1. The van der Waals surface area contributed by atoms with Gasteiger partial charge >= 0.3 is 5.97 Å². The lowest BCUT2D eigenvalue weighted by molar-refractivity contribution is -0.141. The van der Waals surface area contributed by atoms with Gasteiger partial charge in [0.05, 0.1) is 12.1 Å². The van der Waals surface area contributed by atoms with Crippen molar-refractivity contribution in [2.24, 2.45) is 0 Å². The van der Waals surface area contributed by atoms with Crippen LogP contribution in [0.2, 0.25) is 0 Å². The van der Waals surface area contributed by atoms with Gasteiger partial charge in [0.25, 0.3) is 0 Å². The van der Waals surface area contributed by atoms with Crippen LogP contribution in [0.25, 0.3) is 10.9 Å². The molecule has 2 aromatic rings. The van der Waals surface area contributed by atoms with Gasteiger partial charge in [-0.15, -0.1) is 0 Å². The molecule has 0 saturated carbocycles. The van der Waals surface area contributed by atoms with E-state index in [1.54, 1.807) is 0 Å². The molecule has 1 aromatic carbocycles. The van der Waals surface area contributed by atoms with Crippen molar-refractivity contribution in [3.63, 3.8) is 0 Å². The molecule has 100 valence electrons. The quantitative estimate of drug-likeness (QED) is 0.491. The predicted octanol–water partition coefficient (Wildman–Crippen LogP) is 2.26. The molecule has 0 fully saturated rings. The van der Waals surface area contributed by atoms with Crippen LogP contribution >= 0.6 is 0 Å². The Hall–Kier alpha value is -2.17. The highest BCUT2D eigenvalue weighted by Crippen LogP contribution is 2.21. The van der Waals surface area contributed by atoms with E-state index in [4.69, 9.17) is 4.74 Å². The Balaban J connectivity index is 2.02. The minimum atomic E-state index is -0.250. The minimum Gasteiger partial charge on any atom is -0.466 e. The standard InChI is InChI=1S/C14H16N2O3/c1-10(18)19-8-3-2-5-11-6-4-7-12-14(11)13(9-17)16-15-12/h4,6-7,9H,2-3,5,8H2,1H3,(H,15,16). The number of carbonyl (C=O) groups excluding carboxylic acids is 2. The van der Waals surface area contributed by atoms with Crippen molar-refractivity contribution in [1.29, 1.82) is 0 Å². The van der Waals surface area contributed by atoms with Gasteiger partial charge in [0.1, 0.15) is 5.69 Å². The van der Waals surface area contributed by atoms with Gasteiger partial charge in [-0.05, 0) is 30.9 Å². The number of aryl methyl sites for hydroxylation is 1. The van der Waals surface area contributed by atoms with Crippen molar-refractivity contribution in [2.45, 2.75) is 26.2 Å². The van der Waals surface area contributed by atoms with Crippen molar-refractivity contribution in [3.05, 3.63) is 29.5 Å². The number of aldehydes is 1. The Bertz CT molecular complexity index is 589. The summed E-state index contributed by atoms with van der Waals surface area (Å²) >= 11 is 0. The van der Waals surface area contributed by atoms with E-state index in [-0.39, 0.29) is 5.97 Å². The number of nitrogens with zero attached hydrogens (tertiary/aromatic N) is 1. The van der Waals surface area contributed by atoms with Crippen LogP contribution in [0.3, 0.4) is 0 Å². The van der Waals surface area contributed by atoms with Crippen LogP contribution in [0.5, 0.6) is 0 Å². The number of carbonyl (C=O) groups is 2. The van der Waals surface area contributed by atoms with Gasteiger partial charge in [0.2, 0.25) is 0 Å². The van der Waals surface area contributed by atoms with Crippen molar-refractivity contribution >= 4 is 23.2 Å². The lowest BCUT2D eigenvalue weighted by atomic mass is 10.0. The highest BCUT2D eigenvalue weighted by molar-refractivity contribution is 5.96. The molecule has 0 amide bonds. The number of aromatic amines is 1. The number of hydrogen-bond acceptors (Lipinski definition) is 4. The molecule has 0 spiro atoms. The van der Waals surface area contributed by atoms with Crippen molar-refractivity contribution in [1.82, 2.24) is 10.2 Å². The zero-order chi connectivity index (χ0) is 13.7. The summed E-state index contributed by atoms with van der Waals surface area (Å²) in [6, 6.07) is 5.84. The summed E-state index contributed by atoms with van der Waals surface area (Å²) in [5, 5.41) is 7.72. The predicted molar refractivity (Wildman–Crippen MR) is 71.1 cm³/mol. The molecule has 1 aromatic heterocycles. The molecule has 1 heterocycles. The topological polar surface area (TPSA) is 72.1 Å². The zero-order valence-corrected chi connectivity index (χ0v) is 10.8. The van der Waals surface area contributed by atoms with Gasteiger partial charge in [0, 0.05) is 12.3 Å². The fourth-order valence-electron chi connectivity index (χ4n) is 2.10. The second-order valence-electron chi connectivity index (χ2n) is 4.36. The van der Waals surface area contributed by atoms with E-state index >= 15 is 0 Å². The highest BCUT2D eigenvalue weighted by Gasteiger charge is 2.09. The largest absolute Gasteiger partial charge is 0.466 e. The summed E-state index contributed by atoms with van der Waals surface area (Å²) in [6.45, 7) is 1.85. The maximum Gasteiger partial charge on any atom is 0.302 e. The SMILES string of the molecule is CC(=O)OCCCCc1cccc2[nH]nc(C=O)c12. The first kappa shape index (κ1) is 13.3. The van der Waals surface area contributed by atoms with Crippen LogP contribution in [-0.4, -0.2) is 29.1 Å². The Labute approximate surface area is 111 Å². The number of hydrogen-bond donors (Lipinski definition) is 1. The monoisotopic (exact) mass is 260 g/mol. The first-order valence-corrected chi connectivity index (χ1v) is 6.27. The van der Waals surface area contributed by atoms with E-state index in [1.165, 1.54) is 6.92 Å². The third-order valence-corrected chi connectivity index (χ3v) is 2.96. The number of H-pyrrole nitrogens is 1. The van der Waals surface area contributed by atoms with Crippen LogP contribution in [0.1, 0.15) is 35.8 Å². The van der Waals surface area contributed by atoms with Crippen molar-refractivity contribution < 1.29 is 14.3 Å². The van der Waals surface area contributed by atoms with Crippen LogP contribution in [0.4, 0.5) is 0 Å². The van der Waals surface area contributed by atoms with E-state index in [2.05, 4.69) is 10.2 Å². The summed E-state index contributed by atoms with van der Waals surface area (Å²) in [5.74, 6) is -0.250. The molecular formula is C14H16N2O3. The number of unbranched alkanes of at least 4 members (excludes halogenated alkanes) is 1. The van der Waals surface area contributed by atoms with Gasteiger partial charge < -0.3 is 4.74 Å². The number of ether oxygens (including phenoxy) is 1. The fourth-order valence-corrected chi connectivity index (χ4v) is 2.10. The first-order chi connectivity index (χ1) is 9.22. The van der Waals surface area contributed by atoms with Crippen LogP contribution in [0.15, 0.2) is 18.2 Å². The summed E-state index contributed by atoms with van der Waals surface area (Å²) in [4.78, 5) is 21.6. The van der Waals surface area contributed by atoms with E-state index in [0.29, 0.717) is 12.3 Å². The fraction of sp³-hybridized carbons (Fsp3) is 0.357. The van der Waals surface area contributed by atoms with Crippen molar-refractivity contribution in [3.8, 4) is 0 Å². The molecule has 1 N–H and O–H groups in total. The average molecular weight is 260 g/mol. The molecule has 0 atom stereocenters. The third-order valence-electron chi connectivity index (χ3n) is 2.96. The molecule has 0 radical (unpaired) electrons. The first-order valence-electron chi connectivity index (χ1n) is 6.27. The molecule has 0 unspecified atom stereocenters. The molecule has 0 aliphatic heterocycles. The van der Waals surface area contributed by atoms with Gasteiger partial charge in [-0.1, -0.05) is 12.1 Å². The highest BCUT2D eigenvalue weighted by atomic mass is 16.5. The average Bonchev–Trinajstić information content (AvgIpc) is 2.82. The molecular weight excluding hydrogens is 244 g/mol. The normalized spacial score (nSPS) is 10.6. The Morgan fingerprint density at radius 3 is 3.00 bits per heavy atom. The van der Waals surface area contributed by atoms with E-state index in [1.807, 2.05) is 18.2 Å². The number of nitrogens with one attached hydrogen (secondary N) is 1. The molecule has 0 aliphatic carbocycles. The van der Waals surface area contributed by atoms with E-state index in [0.717, 1.165) is 42.0 Å². The minimum absolute atomic E-state index is 0.250. The van der Waals surface area contributed by atoms with Gasteiger partial charge in [-0.25, -0.2) is 0 Å². The zero-order valence-electron chi connectivity index (χ0n) is 10.8. The molecule has 0 aliphatic rings. The summed E-state index contributed by atoms with van der Waals surface area (Å²) in [6.07, 6.45) is 3.31. The number of aromatic nitrogens is 2. The maximum atomic E-state index is 10.9. The Morgan fingerprint density at radius 2 is 2.26 bits per heavy atom. The van der Waals surface area contributed by atoms with E-state index < -0.39 is 0 Å². The number of benzene rings is 1. The lowest BCUT2D eigenvalue weighted by Crippen LogP contribution is -2.01. The van der Waals surface area contributed by atoms with Crippen LogP contribution in [0, 0.1) is 0 Å². The molecule has 0 bridgehead atoms. The molecule has 0 saturated heterocycles. The van der Waals surface area contributed by atoms with Gasteiger partial charge in [0.15, 0.2) is 6.29 Å². The third kappa shape index (κ3) is 3.19.